The van der Waals surface area contributed by atoms with E-state index in [1.807, 2.05) is 17.2 Å². The van der Waals surface area contributed by atoms with Crippen LogP contribution in [0.2, 0.25) is 0 Å². The molecule has 1 saturated heterocycles. The second-order valence-electron chi connectivity index (χ2n) is 7.24. The molecule has 1 spiro atoms. The van der Waals surface area contributed by atoms with Gasteiger partial charge in [0.2, 0.25) is 0 Å². The Kier molecular flexibility index (Phi) is 3.17. The summed E-state index contributed by atoms with van der Waals surface area (Å²) in [5.74, 6) is 1.51. The number of hydroxylamine groups is 2. The SMILES string of the molecule is COc1ccc2c3c1O[C@H]1C[C@@H](O)C=C[C@@]31CCN1OC(C#N)C[C@@H]21. The van der Waals surface area contributed by atoms with Gasteiger partial charge in [-0.05, 0) is 18.1 Å². The van der Waals surface area contributed by atoms with Crippen LogP contribution in [-0.4, -0.2) is 42.1 Å². The second kappa shape index (κ2) is 5.21. The topological polar surface area (TPSA) is 74.9 Å². The van der Waals surface area contributed by atoms with Gasteiger partial charge in [-0.1, -0.05) is 18.2 Å². The maximum Gasteiger partial charge on any atom is 0.167 e. The van der Waals surface area contributed by atoms with Gasteiger partial charge in [0.25, 0.3) is 0 Å². The van der Waals surface area contributed by atoms with Crippen LogP contribution in [0.1, 0.15) is 36.4 Å². The highest BCUT2D eigenvalue weighted by Gasteiger charge is 2.55. The molecule has 0 saturated carbocycles. The lowest BCUT2D eigenvalue weighted by molar-refractivity contribution is -0.151. The summed E-state index contributed by atoms with van der Waals surface area (Å²) < 4.78 is 11.9. The van der Waals surface area contributed by atoms with Crippen molar-refractivity contribution in [3.8, 4) is 17.6 Å². The van der Waals surface area contributed by atoms with Crippen LogP contribution in [-0.2, 0) is 10.3 Å². The van der Waals surface area contributed by atoms with Crippen LogP contribution in [0.3, 0.4) is 0 Å². The molecule has 0 radical (unpaired) electrons. The van der Waals surface area contributed by atoms with Crippen LogP contribution in [0.15, 0.2) is 24.3 Å². The monoisotopic (exact) mass is 340 g/mol. The minimum Gasteiger partial charge on any atom is -0.493 e. The van der Waals surface area contributed by atoms with Crippen LogP contribution >= 0.6 is 0 Å². The average molecular weight is 340 g/mol. The lowest BCUT2D eigenvalue weighted by atomic mass is 9.68. The smallest absolute Gasteiger partial charge is 0.167 e. The fourth-order valence-electron chi connectivity index (χ4n) is 4.88. The Morgan fingerprint density at radius 2 is 2.28 bits per heavy atom. The lowest BCUT2D eigenvalue weighted by Crippen LogP contribution is -2.43. The molecule has 130 valence electrons. The first-order valence-electron chi connectivity index (χ1n) is 8.75. The molecule has 1 fully saturated rings. The number of hydrogen-bond acceptors (Lipinski definition) is 6. The van der Waals surface area contributed by atoms with Gasteiger partial charge in [0.15, 0.2) is 17.6 Å². The molecule has 0 bridgehead atoms. The first kappa shape index (κ1) is 15.2. The summed E-state index contributed by atoms with van der Waals surface area (Å²) in [7, 11) is 1.65. The molecule has 1 aromatic carbocycles. The molecule has 6 nitrogen and oxygen atoms in total. The maximum atomic E-state index is 10.1. The van der Waals surface area contributed by atoms with E-state index in [4.69, 9.17) is 14.3 Å². The lowest BCUT2D eigenvalue weighted by Gasteiger charge is -2.35. The number of benzene rings is 1. The molecule has 25 heavy (non-hydrogen) atoms. The van der Waals surface area contributed by atoms with Gasteiger partial charge in [-0.15, -0.1) is 0 Å². The first-order chi connectivity index (χ1) is 12.2. The maximum absolute atomic E-state index is 10.1. The van der Waals surface area contributed by atoms with Crippen LogP contribution in [0, 0.1) is 11.3 Å². The van der Waals surface area contributed by atoms with Crippen molar-refractivity contribution in [3.05, 3.63) is 35.4 Å². The predicted molar refractivity (Wildman–Crippen MR) is 88.0 cm³/mol. The van der Waals surface area contributed by atoms with E-state index in [1.165, 1.54) is 0 Å². The number of ether oxygens (including phenoxy) is 2. The minimum atomic E-state index is -0.485. The van der Waals surface area contributed by atoms with Crippen molar-refractivity contribution in [2.24, 2.45) is 0 Å². The number of aliphatic hydroxyl groups excluding tert-OH is 1. The largest absolute Gasteiger partial charge is 0.493 e. The molecule has 1 N–H and O–H groups in total. The molecule has 1 unspecified atom stereocenters. The van der Waals surface area contributed by atoms with Crippen LogP contribution < -0.4 is 9.47 Å². The Bertz CT molecular complexity index is 801. The Morgan fingerprint density at radius 3 is 3.08 bits per heavy atom. The summed E-state index contributed by atoms with van der Waals surface area (Å²) in [4.78, 5) is 5.84. The fraction of sp³-hybridized carbons (Fsp3) is 0.526. The second-order valence-corrected chi connectivity index (χ2v) is 7.24. The highest BCUT2D eigenvalue weighted by atomic mass is 16.7. The summed E-state index contributed by atoms with van der Waals surface area (Å²) in [6.45, 7) is 0.722. The number of rotatable bonds is 1. The third-order valence-corrected chi connectivity index (χ3v) is 6.04. The van der Waals surface area contributed by atoms with E-state index >= 15 is 0 Å². The summed E-state index contributed by atoms with van der Waals surface area (Å²) in [6, 6.07) is 6.29. The normalized spacial score (nSPS) is 38.1. The molecular weight excluding hydrogens is 320 g/mol. The van der Waals surface area contributed by atoms with Crippen LogP contribution in [0.5, 0.6) is 11.5 Å². The van der Waals surface area contributed by atoms with Gasteiger partial charge >= 0.3 is 0 Å². The summed E-state index contributed by atoms with van der Waals surface area (Å²) in [6.07, 6.45) is 5.05. The zero-order chi connectivity index (χ0) is 17.2. The third kappa shape index (κ3) is 1.94. The Balaban J connectivity index is 1.72. The standard InChI is InChI=1S/C19H20N2O4/c1-23-15-3-2-13-14-9-12(10-20)25-21(14)7-6-19-5-4-11(22)8-16(19)24-18(15)17(13)19/h2-5,11-12,14,16,22H,6-9H2,1H3/t11-,12?,14-,16-,19-/m0/s1. The minimum absolute atomic E-state index is 0.0475. The van der Waals surface area contributed by atoms with Gasteiger partial charge < -0.3 is 14.6 Å². The number of methoxy groups -OCH3 is 1. The van der Waals surface area contributed by atoms with E-state index in [0.717, 1.165) is 35.6 Å². The van der Waals surface area contributed by atoms with Crippen molar-refractivity contribution in [1.82, 2.24) is 5.06 Å². The molecule has 5 atom stereocenters. The molecular formula is C19H20N2O4. The molecule has 1 aromatic rings. The van der Waals surface area contributed by atoms with Gasteiger partial charge in [0.05, 0.1) is 30.7 Å². The van der Waals surface area contributed by atoms with Crippen LogP contribution in [0.4, 0.5) is 0 Å². The summed E-state index contributed by atoms with van der Waals surface area (Å²) in [5.41, 5.74) is 2.03. The Labute approximate surface area is 146 Å². The van der Waals surface area contributed by atoms with Crippen molar-refractivity contribution in [1.29, 1.82) is 5.26 Å². The van der Waals surface area contributed by atoms with Gasteiger partial charge in [-0.3, -0.25) is 4.84 Å². The Morgan fingerprint density at radius 1 is 1.40 bits per heavy atom. The molecule has 5 rings (SSSR count). The first-order valence-corrected chi connectivity index (χ1v) is 8.75. The van der Waals surface area contributed by atoms with Crippen molar-refractivity contribution >= 4 is 0 Å². The fourth-order valence-corrected chi connectivity index (χ4v) is 4.88. The third-order valence-electron chi connectivity index (χ3n) is 6.04. The van der Waals surface area contributed by atoms with Crippen molar-refractivity contribution in [3.63, 3.8) is 0 Å². The van der Waals surface area contributed by atoms with E-state index in [-0.39, 0.29) is 17.6 Å². The van der Waals surface area contributed by atoms with Gasteiger partial charge in [0.1, 0.15) is 6.10 Å². The van der Waals surface area contributed by atoms with Gasteiger partial charge in [0, 0.05) is 24.9 Å². The number of nitrogens with zero attached hydrogens (tertiary/aromatic N) is 2. The zero-order valence-electron chi connectivity index (χ0n) is 14.0. The van der Waals surface area contributed by atoms with E-state index in [1.54, 1.807) is 7.11 Å². The zero-order valence-corrected chi connectivity index (χ0v) is 14.0. The number of fused-ring (bicyclic) bond motifs is 2. The van der Waals surface area contributed by atoms with E-state index in [9.17, 15) is 10.4 Å². The van der Waals surface area contributed by atoms with Gasteiger partial charge in [-0.2, -0.15) is 10.3 Å². The van der Waals surface area contributed by atoms with Crippen molar-refractivity contribution in [2.45, 2.75) is 49.0 Å². The molecule has 0 aromatic heterocycles. The molecule has 0 amide bonds. The molecule has 1 aliphatic carbocycles. The molecule has 3 aliphatic heterocycles. The predicted octanol–water partition coefficient (Wildman–Crippen LogP) is 1.99. The summed E-state index contributed by atoms with van der Waals surface area (Å²) in [5, 5.41) is 21.3. The van der Waals surface area contributed by atoms with Crippen molar-refractivity contribution in [2.75, 3.05) is 13.7 Å². The highest BCUT2D eigenvalue weighted by Crippen LogP contribution is 2.58. The summed E-state index contributed by atoms with van der Waals surface area (Å²) >= 11 is 0. The molecule has 4 aliphatic rings. The van der Waals surface area contributed by atoms with E-state index in [2.05, 4.69) is 18.2 Å². The number of hydrogen-bond donors (Lipinski definition) is 1. The highest BCUT2D eigenvalue weighted by molar-refractivity contribution is 5.61. The number of nitriles is 1. The average Bonchev–Trinajstić information content (AvgIpc) is 3.15. The van der Waals surface area contributed by atoms with Gasteiger partial charge in [-0.25, -0.2) is 0 Å². The Hall–Kier alpha value is -2.07. The van der Waals surface area contributed by atoms with E-state index < -0.39 is 12.2 Å². The molecule has 3 heterocycles. The molecule has 6 heteroatoms. The van der Waals surface area contributed by atoms with E-state index in [0.29, 0.717) is 12.8 Å². The van der Waals surface area contributed by atoms with Crippen molar-refractivity contribution < 1.29 is 19.4 Å². The van der Waals surface area contributed by atoms with Crippen LogP contribution in [0.25, 0.3) is 0 Å². The quantitative estimate of drug-likeness (QED) is 0.788. The number of aliphatic hydroxyl groups is 1.